The first-order valence-corrected chi connectivity index (χ1v) is 6.10. The summed E-state index contributed by atoms with van der Waals surface area (Å²) in [5.74, 6) is -3.64. The number of aliphatic hydroxyl groups is 1. The zero-order chi connectivity index (χ0) is 15.4. The van der Waals surface area contributed by atoms with Gasteiger partial charge in [0.2, 0.25) is 0 Å². The van der Waals surface area contributed by atoms with Crippen LogP contribution in [0.15, 0.2) is 47.9 Å². The minimum Gasteiger partial charge on any atom is -0.506 e. The molecule has 0 bridgehead atoms. The molecular weight excluding hydrogens is 279 g/mol. The van der Waals surface area contributed by atoms with Crippen LogP contribution in [0, 0.1) is 5.82 Å². The van der Waals surface area contributed by atoms with Crippen molar-refractivity contribution in [2.24, 2.45) is 0 Å². The molecule has 0 aliphatic carbocycles. The van der Waals surface area contributed by atoms with Crippen molar-refractivity contribution in [2.45, 2.75) is 6.54 Å². The summed E-state index contributed by atoms with van der Waals surface area (Å²) in [4.78, 5) is 21.4. The number of hydrogen-bond acceptors (Lipinski definition) is 5. The van der Waals surface area contributed by atoms with Crippen molar-refractivity contribution in [1.29, 1.82) is 0 Å². The lowest BCUT2D eigenvalue weighted by molar-refractivity contribution is -0.146. The largest absolute Gasteiger partial charge is 0.506 e. The molecule has 21 heavy (non-hydrogen) atoms. The van der Waals surface area contributed by atoms with E-state index in [1.54, 1.807) is 23.2 Å². The Morgan fingerprint density at radius 3 is 2.81 bits per heavy atom. The monoisotopic (exact) mass is 292 g/mol. The van der Waals surface area contributed by atoms with Crippen molar-refractivity contribution < 1.29 is 24.2 Å². The van der Waals surface area contributed by atoms with Crippen LogP contribution in [-0.4, -0.2) is 33.5 Å². The molecule has 1 heterocycles. The van der Waals surface area contributed by atoms with E-state index in [4.69, 9.17) is 5.11 Å². The molecule has 7 heteroatoms. The standard InChI is InChI=1S/C14H13FN2O4/c15-10-3-1-2-9(6-10)8-17-5-4-11(16-17)12(18)7-13(19)14(20)21/h1-4,6-7,16,18H,5,8H2,(H,20,21). The van der Waals surface area contributed by atoms with Crippen molar-refractivity contribution in [1.82, 2.24) is 10.4 Å². The molecule has 1 aliphatic heterocycles. The Kier molecular flexibility index (Phi) is 4.34. The van der Waals surface area contributed by atoms with Gasteiger partial charge in [0, 0.05) is 19.2 Å². The minimum absolute atomic E-state index is 0.237. The lowest BCUT2D eigenvalue weighted by atomic mass is 10.2. The number of carbonyl (C=O) groups excluding carboxylic acids is 1. The number of aliphatic hydroxyl groups excluding tert-OH is 1. The van der Waals surface area contributed by atoms with Crippen LogP contribution in [-0.2, 0) is 16.1 Å². The smallest absolute Gasteiger partial charge is 0.376 e. The molecule has 0 saturated carbocycles. The van der Waals surface area contributed by atoms with E-state index in [1.807, 2.05) is 0 Å². The number of halogens is 1. The lowest BCUT2D eigenvalue weighted by Gasteiger charge is -2.17. The summed E-state index contributed by atoms with van der Waals surface area (Å²) in [6.45, 7) is 0.808. The molecule has 0 spiro atoms. The zero-order valence-electron chi connectivity index (χ0n) is 10.9. The van der Waals surface area contributed by atoms with Crippen molar-refractivity contribution >= 4 is 11.8 Å². The molecule has 110 valence electrons. The quantitative estimate of drug-likeness (QED) is 0.428. The molecule has 1 aliphatic rings. The van der Waals surface area contributed by atoms with E-state index in [0.29, 0.717) is 19.2 Å². The van der Waals surface area contributed by atoms with Gasteiger partial charge in [0.05, 0.1) is 5.70 Å². The normalized spacial score (nSPS) is 15.5. The van der Waals surface area contributed by atoms with Gasteiger partial charge in [-0.15, -0.1) is 0 Å². The first-order chi connectivity index (χ1) is 9.95. The topological polar surface area (TPSA) is 89.9 Å². The van der Waals surface area contributed by atoms with E-state index in [9.17, 15) is 19.1 Å². The summed E-state index contributed by atoms with van der Waals surface area (Å²) in [6, 6.07) is 6.09. The van der Waals surface area contributed by atoms with E-state index in [2.05, 4.69) is 5.43 Å². The molecule has 0 amide bonds. The average molecular weight is 292 g/mol. The first kappa shape index (κ1) is 14.7. The van der Waals surface area contributed by atoms with Gasteiger partial charge in [-0.3, -0.25) is 4.79 Å². The Labute approximate surface area is 119 Å². The summed E-state index contributed by atoms with van der Waals surface area (Å²) in [7, 11) is 0. The van der Waals surface area contributed by atoms with Crippen molar-refractivity contribution in [2.75, 3.05) is 6.54 Å². The number of nitrogens with one attached hydrogen (secondary N) is 1. The molecule has 0 fully saturated rings. The molecule has 0 saturated heterocycles. The minimum atomic E-state index is -1.64. The molecular formula is C14H13FN2O4. The molecule has 0 radical (unpaired) electrons. The third-order valence-electron chi connectivity index (χ3n) is 2.81. The molecule has 2 rings (SSSR count). The second-order valence-corrected chi connectivity index (χ2v) is 4.44. The maximum absolute atomic E-state index is 13.1. The maximum Gasteiger partial charge on any atom is 0.376 e. The van der Waals surface area contributed by atoms with Gasteiger partial charge in [-0.25, -0.2) is 14.2 Å². The Bertz CT molecular complexity index is 640. The number of benzene rings is 1. The van der Waals surface area contributed by atoms with Crippen molar-refractivity contribution in [3.05, 3.63) is 59.3 Å². The van der Waals surface area contributed by atoms with Crippen molar-refractivity contribution in [3.8, 4) is 0 Å². The van der Waals surface area contributed by atoms with Crippen LogP contribution in [0.4, 0.5) is 4.39 Å². The Hall–Kier alpha value is -2.67. The van der Waals surface area contributed by atoms with E-state index in [0.717, 1.165) is 5.56 Å². The van der Waals surface area contributed by atoms with Gasteiger partial charge in [-0.2, -0.15) is 0 Å². The average Bonchev–Trinajstić information content (AvgIpc) is 2.87. The van der Waals surface area contributed by atoms with Crippen LogP contribution in [0.3, 0.4) is 0 Å². The van der Waals surface area contributed by atoms with Crippen LogP contribution in [0.1, 0.15) is 5.56 Å². The highest BCUT2D eigenvalue weighted by atomic mass is 19.1. The fourth-order valence-corrected chi connectivity index (χ4v) is 1.85. The summed E-state index contributed by atoms with van der Waals surface area (Å²) < 4.78 is 13.1. The number of ketones is 1. The number of aliphatic carboxylic acids is 1. The Morgan fingerprint density at radius 1 is 1.38 bits per heavy atom. The van der Waals surface area contributed by atoms with E-state index < -0.39 is 17.5 Å². The van der Waals surface area contributed by atoms with E-state index in [-0.39, 0.29) is 11.5 Å². The number of hydrogen-bond donors (Lipinski definition) is 3. The van der Waals surface area contributed by atoms with Crippen LogP contribution in [0.2, 0.25) is 0 Å². The van der Waals surface area contributed by atoms with Crippen LogP contribution in [0.25, 0.3) is 0 Å². The SMILES string of the molecule is O=C(O)C(=O)C=C(O)C1=CCN(Cc2cccc(F)c2)N1. The first-order valence-electron chi connectivity index (χ1n) is 6.10. The predicted molar refractivity (Wildman–Crippen MR) is 71.4 cm³/mol. The van der Waals surface area contributed by atoms with Gasteiger partial charge >= 0.3 is 5.97 Å². The van der Waals surface area contributed by atoms with Crippen LogP contribution in [0.5, 0.6) is 0 Å². The van der Waals surface area contributed by atoms with Gasteiger partial charge in [0.1, 0.15) is 11.6 Å². The molecule has 6 nitrogen and oxygen atoms in total. The highest BCUT2D eigenvalue weighted by molar-refractivity contribution is 6.37. The summed E-state index contributed by atoms with van der Waals surface area (Å²) in [5, 5.41) is 19.8. The highest BCUT2D eigenvalue weighted by Gasteiger charge is 2.18. The zero-order valence-corrected chi connectivity index (χ0v) is 10.9. The number of carboxylic acid groups (broad SMARTS) is 1. The van der Waals surface area contributed by atoms with Gasteiger partial charge < -0.3 is 15.6 Å². The third-order valence-corrected chi connectivity index (χ3v) is 2.81. The summed E-state index contributed by atoms with van der Waals surface area (Å²) >= 11 is 0. The third kappa shape index (κ3) is 3.90. The highest BCUT2D eigenvalue weighted by Crippen LogP contribution is 2.14. The van der Waals surface area contributed by atoms with Gasteiger partial charge in [0.15, 0.2) is 0 Å². The van der Waals surface area contributed by atoms with Gasteiger partial charge in [-0.05, 0) is 23.8 Å². The maximum atomic E-state index is 13.1. The predicted octanol–water partition coefficient (Wildman–Crippen LogP) is 1.13. The second kappa shape index (κ2) is 6.19. The number of carboxylic acids is 1. The van der Waals surface area contributed by atoms with Gasteiger partial charge in [-0.1, -0.05) is 12.1 Å². The van der Waals surface area contributed by atoms with Gasteiger partial charge in [0.25, 0.3) is 5.78 Å². The molecule has 3 N–H and O–H groups in total. The fraction of sp³-hybridized carbons (Fsp3) is 0.143. The molecule has 0 aromatic heterocycles. The second-order valence-electron chi connectivity index (χ2n) is 4.44. The Balaban J connectivity index is 1.97. The molecule has 1 aromatic rings. The number of carbonyl (C=O) groups is 2. The lowest BCUT2D eigenvalue weighted by Crippen LogP contribution is -2.32. The summed E-state index contributed by atoms with van der Waals surface area (Å²) in [5.41, 5.74) is 3.79. The Morgan fingerprint density at radius 2 is 2.14 bits per heavy atom. The number of nitrogens with zero attached hydrogens (tertiary/aromatic N) is 1. The van der Waals surface area contributed by atoms with Crippen molar-refractivity contribution in [3.63, 3.8) is 0 Å². The van der Waals surface area contributed by atoms with E-state index >= 15 is 0 Å². The van der Waals surface area contributed by atoms with E-state index in [1.165, 1.54) is 12.1 Å². The van der Waals surface area contributed by atoms with Crippen LogP contribution >= 0.6 is 0 Å². The summed E-state index contributed by atoms with van der Waals surface area (Å²) in [6.07, 6.45) is 2.23. The number of hydrazine groups is 1. The molecule has 1 aromatic carbocycles. The molecule has 0 unspecified atom stereocenters. The number of rotatable bonds is 5. The molecule has 0 atom stereocenters. The van der Waals surface area contributed by atoms with Crippen LogP contribution < -0.4 is 5.43 Å². The fourth-order valence-electron chi connectivity index (χ4n) is 1.85.